The van der Waals surface area contributed by atoms with Crippen molar-refractivity contribution in [1.29, 1.82) is 0 Å². The molecule has 0 aliphatic rings. The molecule has 0 aliphatic carbocycles. The number of rotatable bonds is 7. The number of aromatic nitrogens is 4. The molecule has 14 nitrogen and oxygen atoms in total. The van der Waals surface area contributed by atoms with E-state index < -0.39 is 35.1 Å². The van der Waals surface area contributed by atoms with Crippen molar-refractivity contribution in [1.82, 2.24) is 30.0 Å². The number of halogens is 4. The number of hydrogen-bond donors (Lipinski definition) is 4. The van der Waals surface area contributed by atoms with Crippen LogP contribution in [0.15, 0.2) is 21.1 Å². The SMILES string of the molecule is CCN(C)C(=O)Nc1c(Br)cc(F)c(C(=O)Nc2nnnn2C)c1C.CCN(C)C(=O)Nc1c(Br)cc(F)c(C(=O)O)c1C. The minimum absolute atomic E-state index is 0.0722. The fourth-order valence-electron chi connectivity index (χ4n) is 3.52. The molecule has 1 aromatic heterocycles. The monoisotopic (exact) mass is 745 g/mol. The maximum absolute atomic E-state index is 14.4. The summed E-state index contributed by atoms with van der Waals surface area (Å²) in [6.07, 6.45) is 0. The van der Waals surface area contributed by atoms with E-state index in [1.165, 1.54) is 28.5 Å². The fraction of sp³-hybridized carbons (Fsp3) is 0.346. The second kappa shape index (κ2) is 15.5. The van der Waals surface area contributed by atoms with Crippen LogP contribution in [0, 0.1) is 25.5 Å². The number of nitrogens with zero attached hydrogens (tertiary/aromatic N) is 6. The molecule has 3 aromatic rings. The highest BCUT2D eigenvalue weighted by Gasteiger charge is 2.24. The smallest absolute Gasteiger partial charge is 0.339 e. The van der Waals surface area contributed by atoms with Crippen molar-refractivity contribution >= 4 is 73.1 Å². The molecule has 0 bridgehead atoms. The number of nitrogens with one attached hydrogen (secondary N) is 3. The van der Waals surface area contributed by atoms with Crippen LogP contribution in [0.4, 0.5) is 35.7 Å². The Morgan fingerprint density at radius 1 is 0.864 bits per heavy atom. The van der Waals surface area contributed by atoms with Gasteiger partial charge in [-0.1, -0.05) is 5.10 Å². The molecule has 18 heteroatoms. The van der Waals surface area contributed by atoms with Crippen molar-refractivity contribution in [3.05, 3.63) is 55.0 Å². The first-order valence-corrected chi connectivity index (χ1v) is 14.4. The maximum atomic E-state index is 14.4. The lowest BCUT2D eigenvalue weighted by Gasteiger charge is -2.19. The number of aromatic carboxylic acids is 1. The highest BCUT2D eigenvalue weighted by Crippen LogP contribution is 2.32. The van der Waals surface area contributed by atoms with Crippen LogP contribution in [0.3, 0.4) is 0 Å². The van der Waals surface area contributed by atoms with Gasteiger partial charge < -0.3 is 25.5 Å². The van der Waals surface area contributed by atoms with Crippen LogP contribution < -0.4 is 16.0 Å². The largest absolute Gasteiger partial charge is 0.478 e. The van der Waals surface area contributed by atoms with Gasteiger partial charge in [-0.25, -0.2) is 27.8 Å². The lowest BCUT2D eigenvalue weighted by Crippen LogP contribution is -2.31. The zero-order valence-electron chi connectivity index (χ0n) is 24.8. The Hall–Kier alpha value is -4.19. The van der Waals surface area contributed by atoms with Gasteiger partial charge in [-0.3, -0.25) is 10.1 Å². The van der Waals surface area contributed by atoms with Crippen molar-refractivity contribution in [2.24, 2.45) is 7.05 Å². The minimum atomic E-state index is -1.37. The number of carbonyl (C=O) groups excluding carboxylic acids is 3. The fourth-order valence-corrected chi connectivity index (χ4v) is 4.71. The number of aryl methyl sites for hydroxylation is 1. The van der Waals surface area contributed by atoms with Gasteiger partial charge in [0.2, 0.25) is 5.95 Å². The summed E-state index contributed by atoms with van der Waals surface area (Å²) in [5.41, 5.74) is 0.352. The Morgan fingerprint density at radius 3 is 1.68 bits per heavy atom. The standard InChI is InChI=1S/C14H17BrFN7O2.C12H14BrFN2O3/c1-5-22(3)14(25)17-11-7(2)10(9(16)6-8(11)15)12(24)18-13-19-20-21-23(13)4;1-4-16(3)12(19)15-10-6(2)9(11(17)18)8(14)5-7(10)13/h6H,5H2,1-4H3,(H,17,25)(H,18,19,21,24);5H,4H2,1-3H3,(H,15,19)(H,17,18). The Bertz CT molecular complexity index is 1590. The van der Waals surface area contributed by atoms with Gasteiger partial charge in [0.15, 0.2) is 0 Å². The van der Waals surface area contributed by atoms with Crippen LogP contribution >= 0.6 is 31.9 Å². The van der Waals surface area contributed by atoms with E-state index in [0.29, 0.717) is 27.7 Å². The van der Waals surface area contributed by atoms with Crippen molar-refractivity contribution in [2.45, 2.75) is 27.7 Å². The Balaban J connectivity index is 0.000000319. The molecule has 0 spiro atoms. The number of benzene rings is 2. The van der Waals surface area contributed by atoms with E-state index in [1.54, 1.807) is 27.9 Å². The quantitative estimate of drug-likeness (QED) is 0.254. The predicted octanol–water partition coefficient (Wildman–Crippen LogP) is 5.23. The summed E-state index contributed by atoms with van der Waals surface area (Å²) < 4.78 is 29.8. The first-order chi connectivity index (χ1) is 20.5. The van der Waals surface area contributed by atoms with E-state index in [1.807, 2.05) is 6.92 Å². The summed E-state index contributed by atoms with van der Waals surface area (Å²) in [5.74, 6) is -3.61. The molecule has 0 atom stereocenters. The number of tetrazole rings is 1. The normalized spacial score (nSPS) is 10.3. The van der Waals surface area contributed by atoms with Gasteiger partial charge in [-0.15, -0.1) is 0 Å². The molecule has 0 radical (unpaired) electrons. The number of amides is 5. The number of anilines is 3. The van der Waals surface area contributed by atoms with E-state index in [9.17, 15) is 28.0 Å². The molecular formula is C26H31Br2F2N9O5. The van der Waals surface area contributed by atoms with Crippen LogP contribution in [0.5, 0.6) is 0 Å². The van der Waals surface area contributed by atoms with E-state index in [-0.39, 0.29) is 34.4 Å². The van der Waals surface area contributed by atoms with Crippen molar-refractivity contribution in [2.75, 3.05) is 43.1 Å². The zero-order chi connectivity index (χ0) is 33.5. The van der Waals surface area contributed by atoms with E-state index in [2.05, 4.69) is 63.3 Å². The van der Waals surface area contributed by atoms with Gasteiger partial charge in [-0.2, -0.15) is 0 Å². The summed E-state index contributed by atoms with van der Waals surface area (Å²) in [7, 11) is 4.75. The molecule has 0 unspecified atom stereocenters. The van der Waals surface area contributed by atoms with Crippen molar-refractivity contribution in [3.63, 3.8) is 0 Å². The number of carboxylic acid groups (broad SMARTS) is 1. The molecule has 1 heterocycles. The van der Waals surface area contributed by atoms with Gasteiger partial charge in [0, 0.05) is 43.2 Å². The average molecular weight is 747 g/mol. The third-order valence-corrected chi connectivity index (χ3v) is 7.61. The lowest BCUT2D eigenvalue weighted by molar-refractivity contribution is 0.0690. The second-order valence-corrected chi connectivity index (χ2v) is 10.9. The van der Waals surface area contributed by atoms with Gasteiger partial charge in [0.25, 0.3) is 5.91 Å². The number of urea groups is 2. The number of hydrogen-bond acceptors (Lipinski definition) is 7. The van der Waals surface area contributed by atoms with Gasteiger partial charge in [0.05, 0.1) is 16.9 Å². The number of carbonyl (C=O) groups is 4. The van der Waals surface area contributed by atoms with Crippen LogP contribution in [0.25, 0.3) is 0 Å². The molecular weight excluding hydrogens is 716 g/mol. The van der Waals surface area contributed by atoms with Gasteiger partial charge in [-0.05, 0) is 93.2 Å². The molecule has 0 saturated carbocycles. The molecule has 0 aliphatic heterocycles. The van der Waals surface area contributed by atoms with E-state index in [0.717, 1.165) is 12.1 Å². The molecule has 2 aromatic carbocycles. The van der Waals surface area contributed by atoms with Gasteiger partial charge in [0.1, 0.15) is 17.2 Å². The summed E-state index contributed by atoms with van der Waals surface area (Å²) in [5, 5.41) is 27.2. The highest BCUT2D eigenvalue weighted by molar-refractivity contribution is 9.11. The molecule has 238 valence electrons. The molecule has 0 fully saturated rings. The van der Waals surface area contributed by atoms with Crippen molar-refractivity contribution in [3.8, 4) is 0 Å². The first-order valence-electron chi connectivity index (χ1n) is 12.8. The Morgan fingerprint density at radius 2 is 1.30 bits per heavy atom. The highest BCUT2D eigenvalue weighted by atomic mass is 79.9. The molecule has 0 saturated heterocycles. The molecule has 5 amide bonds. The van der Waals surface area contributed by atoms with Crippen LogP contribution in [0.1, 0.15) is 45.7 Å². The van der Waals surface area contributed by atoms with Crippen LogP contribution in [-0.2, 0) is 7.05 Å². The molecule has 4 N–H and O–H groups in total. The second-order valence-electron chi connectivity index (χ2n) is 9.20. The maximum Gasteiger partial charge on any atom is 0.339 e. The van der Waals surface area contributed by atoms with Crippen LogP contribution in [0.2, 0.25) is 0 Å². The van der Waals surface area contributed by atoms with E-state index in [4.69, 9.17) is 5.11 Å². The predicted molar refractivity (Wildman–Crippen MR) is 166 cm³/mol. The number of carboxylic acids is 1. The lowest BCUT2D eigenvalue weighted by atomic mass is 10.1. The third kappa shape index (κ3) is 8.46. The van der Waals surface area contributed by atoms with E-state index >= 15 is 0 Å². The molecule has 44 heavy (non-hydrogen) atoms. The summed E-state index contributed by atoms with van der Waals surface area (Å²) in [6.45, 7) is 7.60. The third-order valence-electron chi connectivity index (χ3n) is 6.35. The van der Waals surface area contributed by atoms with Gasteiger partial charge >= 0.3 is 18.0 Å². The first kappa shape index (κ1) is 36.0. The molecule has 3 rings (SSSR count). The Labute approximate surface area is 268 Å². The minimum Gasteiger partial charge on any atom is -0.478 e. The summed E-state index contributed by atoms with van der Waals surface area (Å²) in [6, 6.07) is 1.38. The van der Waals surface area contributed by atoms with Crippen LogP contribution in [-0.4, -0.2) is 86.2 Å². The Kier molecular flexibility index (Phi) is 12.7. The summed E-state index contributed by atoms with van der Waals surface area (Å²) in [4.78, 5) is 50.2. The topological polar surface area (TPSA) is 175 Å². The van der Waals surface area contributed by atoms with Crippen molar-refractivity contribution < 1.29 is 33.1 Å². The average Bonchev–Trinajstić information content (AvgIpc) is 3.35. The zero-order valence-corrected chi connectivity index (χ0v) is 28.0. The summed E-state index contributed by atoms with van der Waals surface area (Å²) >= 11 is 6.33.